The lowest BCUT2D eigenvalue weighted by Gasteiger charge is -2.24. The van der Waals surface area contributed by atoms with Crippen LogP contribution in [0.2, 0.25) is 0 Å². The Labute approximate surface area is 121 Å². The van der Waals surface area contributed by atoms with Gasteiger partial charge in [0, 0.05) is 13.1 Å². The highest BCUT2D eigenvalue weighted by atomic mass is 16.3. The normalized spacial score (nSPS) is 19.1. The molecule has 5 heteroatoms. The molecule has 1 saturated heterocycles. The van der Waals surface area contributed by atoms with Gasteiger partial charge in [0.15, 0.2) is 5.96 Å². The number of likely N-dealkylation sites (N-methyl/N-ethyl adjacent to an activating group) is 1. The van der Waals surface area contributed by atoms with Crippen molar-refractivity contribution >= 4 is 5.96 Å². The van der Waals surface area contributed by atoms with Crippen LogP contribution in [0.1, 0.15) is 37.5 Å². The van der Waals surface area contributed by atoms with E-state index in [9.17, 15) is 0 Å². The van der Waals surface area contributed by atoms with E-state index in [-0.39, 0.29) is 6.04 Å². The minimum Gasteiger partial charge on any atom is -0.468 e. The van der Waals surface area contributed by atoms with Gasteiger partial charge in [-0.3, -0.25) is 9.89 Å². The summed E-state index contributed by atoms with van der Waals surface area (Å²) in [6.45, 7) is 2.69. The van der Waals surface area contributed by atoms with Gasteiger partial charge >= 0.3 is 0 Å². The lowest BCUT2D eigenvalue weighted by atomic mass is 10.2. The topological polar surface area (TPSA) is 58.0 Å². The average Bonchev–Trinajstić information content (AvgIpc) is 2.80. The summed E-state index contributed by atoms with van der Waals surface area (Å²) in [5.74, 6) is 1.60. The molecule has 1 fully saturated rings. The van der Waals surface area contributed by atoms with E-state index in [4.69, 9.17) is 10.2 Å². The molecule has 2 rings (SSSR count). The van der Waals surface area contributed by atoms with Crippen molar-refractivity contribution in [2.75, 3.05) is 33.7 Å². The minimum absolute atomic E-state index is 0.135. The van der Waals surface area contributed by atoms with Crippen molar-refractivity contribution < 1.29 is 4.42 Å². The monoisotopic (exact) mass is 278 g/mol. The minimum atomic E-state index is 0.135. The molecule has 5 nitrogen and oxygen atoms in total. The van der Waals surface area contributed by atoms with Crippen LogP contribution >= 0.6 is 0 Å². The molecular formula is C15H26N4O. The summed E-state index contributed by atoms with van der Waals surface area (Å²) >= 11 is 0. The predicted molar refractivity (Wildman–Crippen MR) is 81.7 cm³/mol. The molecule has 1 unspecified atom stereocenters. The molecule has 2 heterocycles. The fraction of sp³-hybridized carbons (Fsp3) is 0.667. The number of nitrogens with two attached hydrogens (primary N) is 1. The van der Waals surface area contributed by atoms with Crippen LogP contribution in [0.5, 0.6) is 0 Å². The molecule has 1 atom stereocenters. The zero-order chi connectivity index (χ0) is 14.4. The molecule has 0 bridgehead atoms. The van der Waals surface area contributed by atoms with Gasteiger partial charge in [-0.15, -0.1) is 0 Å². The number of likely N-dealkylation sites (tertiary alicyclic amines) is 1. The number of guanidine groups is 1. The first-order valence-corrected chi connectivity index (χ1v) is 7.43. The zero-order valence-corrected chi connectivity index (χ0v) is 12.6. The molecule has 0 spiro atoms. The zero-order valence-electron chi connectivity index (χ0n) is 12.6. The Balaban J connectivity index is 1.98. The predicted octanol–water partition coefficient (Wildman–Crippen LogP) is 2.07. The number of furan rings is 1. The first kappa shape index (κ1) is 14.9. The smallest absolute Gasteiger partial charge is 0.191 e. The van der Waals surface area contributed by atoms with Gasteiger partial charge in [0.1, 0.15) is 5.76 Å². The molecule has 1 aromatic heterocycles. The summed E-state index contributed by atoms with van der Waals surface area (Å²) in [6, 6.07) is 4.03. The van der Waals surface area contributed by atoms with E-state index in [1.807, 2.05) is 26.2 Å². The van der Waals surface area contributed by atoms with Crippen molar-refractivity contribution in [2.45, 2.75) is 31.7 Å². The summed E-state index contributed by atoms with van der Waals surface area (Å²) in [5.41, 5.74) is 6.15. The Kier molecular flexibility index (Phi) is 5.47. The molecule has 0 aliphatic carbocycles. The quantitative estimate of drug-likeness (QED) is 0.676. The van der Waals surface area contributed by atoms with Gasteiger partial charge in [-0.2, -0.15) is 0 Å². The van der Waals surface area contributed by atoms with Gasteiger partial charge in [0.25, 0.3) is 0 Å². The maximum absolute atomic E-state index is 6.15. The van der Waals surface area contributed by atoms with Crippen LogP contribution in [-0.2, 0) is 0 Å². The number of aliphatic imine (C=N–C) groups is 1. The fourth-order valence-corrected chi connectivity index (χ4v) is 2.57. The molecule has 0 aromatic carbocycles. The van der Waals surface area contributed by atoms with E-state index in [1.54, 1.807) is 6.26 Å². The molecule has 1 aromatic rings. The van der Waals surface area contributed by atoms with E-state index in [2.05, 4.69) is 14.8 Å². The summed E-state index contributed by atoms with van der Waals surface area (Å²) in [4.78, 5) is 8.91. The van der Waals surface area contributed by atoms with E-state index < -0.39 is 0 Å². The molecule has 20 heavy (non-hydrogen) atoms. The number of nitrogens with zero attached hydrogens (tertiary/aromatic N) is 3. The molecule has 1 aliphatic rings. The molecule has 2 N–H and O–H groups in total. The Morgan fingerprint density at radius 3 is 2.60 bits per heavy atom. The van der Waals surface area contributed by atoms with Crippen molar-refractivity contribution in [1.29, 1.82) is 0 Å². The fourth-order valence-electron chi connectivity index (χ4n) is 2.57. The van der Waals surface area contributed by atoms with Crippen LogP contribution in [0.25, 0.3) is 0 Å². The van der Waals surface area contributed by atoms with Crippen LogP contribution in [0, 0.1) is 0 Å². The molecule has 0 amide bonds. The Hall–Kier alpha value is -1.49. The van der Waals surface area contributed by atoms with Gasteiger partial charge in [0.2, 0.25) is 0 Å². The van der Waals surface area contributed by atoms with E-state index in [0.29, 0.717) is 12.5 Å². The lowest BCUT2D eigenvalue weighted by Crippen LogP contribution is -2.38. The summed E-state index contributed by atoms with van der Waals surface area (Å²) in [7, 11) is 4.07. The van der Waals surface area contributed by atoms with Gasteiger partial charge in [-0.05, 0) is 39.1 Å². The Morgan fingerprint density at radius 2 is 2.05 bits per heavy atom. The van der Waals surface area contributed by atoms with Crippen molar-refractivity contribution in [3.8, 4) is 0 Å². The van der Waals surface area contributed by atoms with Crippen LogP contribution in [0.3, 0.4) is 0 Å². The SMILES string of the molecule is CN(C)C(CN=C(N)N1CCCCCC1)c1ccco1. The van der Waals surface area contributed by atoms with E-state index in [1.165, 1.54) is 25.7 Å². The Bertz CT molecular complexity index is 406. The van der Waals surface area contributed by atoms with E-state index >= 15 is 0 Å². The third-order valence-electron chi connectivity index (χ3n) is 3.85. The number of rotatable bonds is 4. The second-order valence-corrected chi connectivity index (χ2v) is 5.59. The first-order valence-electron chi connectivity index (χ1n) is 7.43. The van der Waals surface area contributed by atoms with Crippen LogP contribution in [-0.4, -0.2) is 49.5 Å². The van der Waals surface area contributed by atoms with Gasteiger partial charge in [-0.1, -0.05) is 12.8 Å². The highest BCUT2D eigenvalue weighted by Crippen LogP contribution is 2.19. The van der Waals surface area contributed by atoms with Crippen molar-refractivity contribution in [1.82, 2.24) is 9.80 Å². The standard InChI is InChI=1S/C15H26N4O/c1-18(2)13(14-8-7-11-20-14)12-17-15(16)19-9-5-3-4-6-10-19/h7-8,11,13H,3-6,9-10,12H2,1-2H3,(H2,16,17). The van der Waals surface area contributed by atoms with Gasteiger partial charge < -0.3 is 15.1 Å². The molecule has 0 saturated carbocycles. The molecule has 112 valence electrons. The molecule has 1 aliphatic heterocycles. The summed E-state index contributed by atoms with van der Waals surface area (Å²) < 4.78 is 5.49. The second kappa shape index (κ2) is 7.33. The summed E-state index contributed by atoms with van der Waals surface area (Å²) in [6.07, 6.45) is 6.73. The third kappa shape index (κ3) is 4.00. The molecular weight excluding hydrogens is 252 g/mol. The van der Waals surface area contributed by atoms with Crippen molar-refractivity contribution in [3.05, 3.63) is 24.2 Å². The van der Waals surface area contributed by atoms with Gasteiger partial charge in [0.05, 0.1) is 18.8 Å². The first-order chi connectivity index (χ1) is 9.68. The summed E-state index contributed by atoms with van der Waals surface area (Å²) in [5, 5.41) is 0. The maximum Gasteiger partial charge on any atom is 0.191 e. The largest absolute Gasteiger partial charge is 0.468 e. The van der Waals surface area contributed by atoms with E-state index in [0.717, 1.165) is 18.8 Å². The highest BCUT2D eigenvalue weighted by molar-refractivity contribution is 5.78. The number of hydrogen-bond donors (Lipinski definition) is 1. The lowest BCUT2D eigenvalue weighted by molar-refractivity contribution is 0.264. The van der Waals surface area contributed by atoms with Crippen LogP contribution in [0.4, 0.5) is 0 Å². The van der Waals surface area contributed by atoms with Crippen LogP contribution in [0.15, 0.2) is 27.8 Å². The van der Waals surface area contributed by atoms with Gasteiger partial charge in [-0.25, -0.2) is 0 Å². The van der Waals surface area contributed by atoms with Crippen molar-refractivity contribution in [2.24, 2.45) is 10.7 Å². The third-order valence-corrected chi connectivity index (χ3v) is 3.85. The average molecular weight is 278 g/mol. The van der Waals surface area contributed by atoms with Crippen LogP contribution < -0.4 is 5.73 Å². The molecule has 0 radical (unpaired) electrons. The number of hydrogen-bond acceptors (Lipinski definition) is 3. The highest BCUT2D eigenvalue weighted by Gasteiger charge is 2.17. The maximum atomic E-state index is 6.15. The van der Waals surface area contributed by atoms with Crippen molar-refractivity contribution in [3.63, 3.8) is 0 Å². The second-order valence-electron chi connectivity index (χ2n) is 5.59. The Morgan fingerprint density at radius 1 is 1.35 bits per heavy atom.